The molecule has 0 aromatic rings. The fourth-order valence-corrected chi connectivity index (χ4v) is 5.40. The Morgan fingerprint density at radius 2 is 0.971 bits per heavy atom. The molecule has 4 aliphatic rings. The van der Waals surface area contributed by atoms with Crippen LogP contribution in [0.4, 0.5) is 0 Å². The molecule has 3 saturated heterocycles. The summed E-state index contributed by atoms with van der Waals surface area (Å²) in [5.74, 6) is 1.67. The molecule has 0 spiro atoms. The first kappa shape index (κ1) is 32.7. The van der Waals surface area contributed by atoms with Crippen molar-refractivity contribution < 1.29 is 0 Å². The summed E-state index contributed by atoms with van der Waals surface area (Å²) in [7, 11) is 0. The zero-order valence-corrected chi connectivity index (χ0v) is 23.2. The van der Waals surface area contributed by atoms with Gasteiger partial charge in [-0.05, 0) is 135 Å². The summed E-state index contributed by atoms with van der Waals surface area (Å²) in [5, 5.41) is 3.29. The van der Waals surface area contributed by atoms with Crippen LogP contribution >= 0.6 is 0 Å². The van der Waals surface area contributed by atoms with Crippen molar-refractivity contribution in [3.63, 3.8) is 0 Å². The van der Waals surface area contributed by atoms with Crippen LogP contribution in [0.25, 0.3) is 0 Å². The molecule has 0 unspecified atom stereocenters. The van der Waals surface area contributed by atoms with E-state index in [0.717, 1.165) is 44.6 Å². The maximum Gasteiger partial charge on any atom is 0.0105 e. The minimum atomic E-state index is 0.802. The Bertz CT molecular complexity index is 393. The van der Waals surface area contributed by atoms with Gasteiger partial charge in [-0.25, -0.2) is 0 Å². The summed E-state index contributed by atoms with van der Waals surface area (Å²) in [5.41, 5.74) is 21.8. The Kier molecular flexibility index (Phi) is 22.5. The van der Waals surface area contributed by atoms with E-state index in [0.29, 0.717) is 0 Å². The molecule has 1 saturated carbocycles. The summed E-state index contributed by atoms with van der Waals surface area (Å²) in [4.78, 5) is 4.97. The van der Waals surface area contributed by atoms with Crippen LogP contribution in [0.15, 0.2) is 0 Å². The smallest absolute Gasteiger partial charge is 0.0105 e. The van der Waals surface area contributed by atoms with Gasteiger partial charge in [0.05, 0.1) is 0 Å². The van der Waals surface area contributed by atoms with Crippen LogP contribution in [-0.2, 0) is 0 Å². The highest BCUT2D eigenvalue weighted by molar-refractivity contribution is 4.68. The molecule has 7 nitrogen and oxygen atoms in total. The van der Waals surface area contributed by atoms with E-state index in [1.165, 1.54) is 136 Å². The van der Waals surface area contributed by atoms with Gasteiger partial charge in [-0.2, -0.15) is 0 Å². The summed E-state index contributed by atoms with van der Waals surface area (Å²) < 4.78 is 0. The molecule has 1 aliphatic carbocycles. The van der Waals surface area contributed by atoms with E-state index in [4.69, 9.17) is 22.9 Å². The molecule has 9 N–H and O–H groups in total. The molecule has 3 heterocycles. The lowest BCUT2D eigenvalue weighted by molar-refractivity contribution is 0.227. The van der Waals surface area contributed by atoms with E-state index in [9.17, 15) is 0 Å². The van der Waals surface area contributed by atoms with Gasteiger partial charge >= 0.3 is 0 Å². The monoisotopic (exact) mass is 498 g/mol. The third-order valence-corrected chi connectivity index (χ3v) is 7.87. The Morgan fingerprint density at radius 3 is 1.37 bits per heavy atom. The number of rotatable bonds is 7. The molecule has 3 aliphatic heterocycles. The number of nitrogens with one attached hydrogen (secondary N) is 1. The van der Waals surface area contributed by atoms with Crippen molar-refractivity contribution in [2.24, 2.45) is 34.8 Å². The van der Waals surface area contributed by atoms with Gasteiger partial charge in [0.25, 0.3) is 0 Å². The first-order valence-electron chi connectivity index (χ1n) is 15.2. The Labute approximate surface area is 218 Å². The van der Waals surface area contributed by atoms with E-state index >= 15 is 0 Å². The zero-order chi connectivity index (χ0) is 25.4. The molecule has 0 radical (unpaired) electrons. The fourth-order valence-electron chi connectivity index (χ4n) is 5.40. The summed E-state index contributed by atoms with van der Waals surface area (Å²) >= 11 is 0. The fraction of sp³-hybridized carbons (Fsp3) is 1.00. The van der Waals surface area contributed by atoms with Crippen LogP contribution in [0.2, 0.25) is 0 Å². The number of hydrogen-bond donors (Lipinski definition) is 5. The number of piperidine rings is 3. The van der Waals surface area contributed by atoms with Gasteiger partial charge in [0.1, 0.15) is 0 Å². The van der Waals surface area contributed by atoms with Crippen molar-refractivity contribution in [2.75, 3.05) is 78.5 Å². The predicted molar refractivity (Wildman–Crippen MR) is 154 cm³/mol. The van der Waals surface area contributed by atoms with Crippen molar-refractivity contribution in [3.8, 4) is 0 Å². The third kappa shape index (κ3) is 18.6. The lowest BCUT2D eigenvalue weighted by Gasteiger charge is -2.25. The van der Waals surface area contributed by atoms with Gasteiger partial charge in [0.2, 0.25) is 0 Å². The molecule has 0 bridgehead atoms. The van der Waals surface area contributed by atoms with Gasteiger partial charge in [-0.15, -0.1) is 0 Å². The van der Waals surface area contributed by atoms with Crippen molar-refractivity contribution in [1.82, 2.24) is 15.1 Å². The molecule has 210 valence electrons. The minimum absolute atomic E-state index is 0.802. The zero-order valence-electron chi connectivity index (χ0n) is 23.2. The normalized spacial score (nSPS) is 22.6. The molecular weight excluding hydrogens is 434 g/mol. The maximum atomic E-state index is 5.50. The van der Waals surface area contributed by atoms with Crippen molar-refractivity contribution in [1.29, 1.82) is 0 Å². The highest BCUT2D eigenvalue weighted by Gasteiger charge is 2.11. The minimum Gasteiger partial charge on any atom is -0.330 e. The molecule has 0 aromatic carbocycles. The van der Waals surface area contributed by atoms with Gasteiger partial charge < -0.3 is 38.1 Å². The average Bonchev–Trinajstić information content (AvgIpc) is 2.95. The van der Waals surface area contributed by atoms with Gasteiger partial charge in [-0.3, -0.25) is 0 Å². The maximum absolute atomic E-state index is 5.50. The lowest BCUT2D eigenvalue weighted by atomic mass is 9.90. The molecular formula is C28H63N7. The van der Waals surface area contributed by atoms with Crippen LogP contribution in [-0.4, -0.2) is 88.3 Å². The van der Waals surface area contributed by atoms with Crippen molar-refractivity contribution >= 4 is 0 Å². The summed E-state index contributed by atoms with van der Waals surface area (Å²) in [6.45, 7) is 13.3. The van der Waals surface area contributed by atoms with Crippen LogP contribution < -0.4 is 28.3 Å². The molecule has 4 fully saturated rings. The van der Waals surface area contributed by atoms with Gasteiger partial charge in [0, 0.05) is 13.1 Å². The molecule has 4 rings (SSSR count). The molecule has 0 aromatic heterocycles. The van der Waals surface area contributed by atoms with E-state index in [-0.39, 0.29) is 0 Å². The number of hydrogen-bond acceptors (Lipinski definition) is 7. The topological polar surface area (TPSA) is 123 Å². The first-order valence-corrected chi connectivity index (χ1v) is 15.2. The first-order chi connectivity index (χ1) is 17.2. The molecule has 35 heavy (non-hydrogen) atoms. The average molecular weight is 498 g/mol. The SMILES string of the molecule is NCC1CCCCC1.NCC1CCNCC1.NCCCN1CCCCC1.NCCN1CCCCC1. The van der Waals surface area contributed by atoms with E-state index in [1.807, 2.05) is 0 Å². The van der Waals surface area contributed by atoms with Crippen molar-refractivity contribution in [3.05, 3.63) is 0 Å². The number of likely N-dealkylation sites (tertiary alicyclic amines) is 2. The summed E-state index contributed by atoms with van der Waals surface area (Å²) in [6.07, 6.45) is 19.1. The third-order valence-electron chi connectivity index (χ3n) is 7.87. The quantitative estimate of drug-likeness (QED) is 0.366. The van der Waals surface area contributed by atoms with E-state index in [1.54, 1.807) is 0 Å². The van der Waals surface area contributed by atoms with Crippen LogP contribution in [0.1, 0.15) is 89.9 Å². The highest BCUT2D eigenvalue weighted by atomic mass is 15.1. The molecule has 0 amide bonds. The molecule has 0 atom stereocenters. The van der Waals surface area contributed by atoms with Crippen LogP contribution in [0, 0.1) is 11.8 Å². The lowest BCUT2D eigenvalue weighted by Crippen LogP contribution is -2.33. The van der Waals surface area contributed by atoms with Gasteiger partial charge in [0.15, 0.2) is 0 Å². The molecule has 7 heteroatoms. The standard InChI is InChI=1S/C8H18N2.C7H16N2.C7H15N.C6H14N2/c9-5-4-8-10-6-2-1-3-7-10;8-4-7-9-5-2-1-3-6-9;8-6-7-4-2-1-3-5-7;7-5-6-1-3-8-4-2-6/h1-9H2;1-8H2;7H,1-6,8H2;6,8H,1-5,7H2. The predicted octanol–water partition coefficient (Wildman–Crippen LogP) is 2.72. The number of nitrogens with two attached hydrogens (primary N) is 4. The summed E-state index contributed by atoms with van der Waals surface area (Å²) in [6, 6.07) is 0. The Morgan fingerprint density at radius 1 is 0.514 bits per heavy atom. The second-order valence-electron chi connectivity index (χ2n) is 10.9. The van der Waals surface area contributed by atoms with Gasteiger partial charge in [-0.1, -0.05) is 32.1 Å². The van der Waals surface area contributed by atoms with Crippen LogP contribution in [0.5, 0.6) is 0 Å². The Balaban J connectivity index is 0.000000234. The van der Waals surface area contributed by atoms with Crippen molar-refractivity contribution in [2.45, 2.75) is 89.9 Å². The largest absolute Gasteiger partial charge is 0.330 e. The Hall–Kier alpha value is -0.280. The van der Waals surface area contributed by atoms with E-state index < -0.39 is 0 Å². The number of nitrogens with zero attached hydrogens (tertiary/aromatic N) is 2. The van der Waals surface area contributed by atoms with E-state index in [2.05, 4.69) is 15.1 Å². The second-order valence-corrected chi connectivity index (χ2v) is 10.9. The second kappa shape index (κ2) is 24.1. The highest BCUT2D eigenvalue weighted by Crippen LogP contribution is 2.21. The van der Waals surface area contributed by atoms with Crippen LogP contribution in [0.3, 0.4) is 0 Å².